The molecule has 3 rings (SSSR count). The lowest BCUT2D eigenvalue weighted by Crippen LogP contribution is -2.32. The molecule has 1 aliphatic heterocycles. The highest BCUT2D eigenvalue weighted by atomic mass is 16.5. The van der Waals surface area contributed by atoms with E-state index in [9.17, 15) is 9.90 Å². The molecule has 1 amide bonds. The van der Waals surface area contributed by atoms with Gasteiger partial charge in [0.25, 0.3) is 0 Å². The van der Waals surface area contributed by atoms with Gasteiger partial charge >= 0.3 is 0 Å². The lowest BCUT2D eigenvalue weighted by molar-refractivity contribution is -0.132. The minimum absolute atomic E-state index is 0.0491. The molecule has 21 heavy (non-hydrogen) atoms. The van der Waals surface area contributed by atoms with Crippen LogP contribution in [0.2, 0.25) is 0 Å². The summed E-state index contributed by atoms with van der Waals surface area (Å²) < 4.78 is 5.57. The summed E-state index contributed by atoms with van der Waals surface area (Å²) >= 11 is 0. The van der Waals surface area contributed by atoms with E-state index in [1.165, 1.54) is 0 Å². The Labute approximate surface area is 123 Å². The summed E-state index contributed by atoms with van der Waals surface area (Å²) in [5.74, 6) is 0.844. The minimum atomic E-state index is -0.233. The molecule has 108 valence electrons. The van der Waals surface area contributed by atoms with Crippen molar-refractivity contribution >= 4 is 5.91 Å². The Morgan fingerprint density at radius 2 is 1.95 bits per heavy atom. The number of para-hydroxylation sites is 1. The van der Waals surface area contributed by atoms with Crippen LogP contribution in [0.4, 0.5) is 0 Å². The van der Waals surface area contributed by atoms with E-state index >= 15 is 0 Å². The summed E-state index contributed by atoms with van der Waals surface area (Å²) in [6.07, 6.45) is 0. The zero-order valence-corrected chi connectivity index (χ0v) is 11.8. The van der Waals surface area contributed by atoms with Gasteiger partial charge in [0.05, 0.1) is 0 Å². The molecule has 0 spiro atoms. The molecule has 2 aromatic carbocycles. The second-order valence-corrected chi connectivity index (χ2v) is 5.26. The predicted molar refractivity (Wildman–Crippen MR) is 79.3 cm³/mol. The molecule has 0 aromatic heterocycles. The number of fused-ring (bicyclic) bond motifs is 1. The SMILES string of the molecule is CN(Cc1ccc(O)cc1)C(=O)C1COc2ccccc21. The summed E-state index contributed by atoms with van der Waals surface area (Å²) in [5, 5.41) is 9.28. The zero-order chi connectivity index (χ0) is 14.8. The van der Waals surface area contributed by atoms with Crippen LogP contribution in [0.1, 0.15) is 17.0 Å². The predicted octanol–water partition coefficient (Wildman–Crippen LogP) is 2.53. The van der Waals surface area contributed by atoms with Crippen molar-refractivity contribution in [1.82, 2.24) is 4.90 Å². The number of ether oxygens (including phenoxy) is 1. The van der Waals surface area contributed by atoms with Crippen LogP contribution in [0.15, 0.2) is 48.5 Å². The maximum absolute atomic E-state index is 12.6. The van der Waals surface area contributed by atoms with Crippen LogP contribution in [0.3, 0.4) is 0 Å². The molecule has 0 aliphatic carbocycles. The normalized spacial score (nSPS) is 16.1. The van der Waals surface area contributed by atoms with E-state index in [-0.39, 0.29) is 17.6 Å². The average molecular weight is 283 g/mol. The minimum Gasteiger partial charge on any atom is -0.508 e. The number of hydrogen-bond donors (Lipinski definition) is 1. The molecular formula is C17H17NO3. The quantitative estimate of drug-likeness (QED) is 0.941. The van der Waals surface area contributed by atoms with Gasteiger partial charge in [0.15, 0.2) is 0 Å². The Bertz CT molecular complexity index is 651. The Balaban J connectivity index is 1.72. The molecule has 1 atom stereocenters. The zero-order valence-electron chi connectivity index (χ0n) is 11.8. The van der Waals surface area contributed by atoms with Crippen LogP contribution in [-0.2, 0) is 11.3 Å². The van der Waals surface area contributed by atoms with E-state index in [0.29, 0.717) is 13.2 Å². The van der Waals surface area contributed by atoms with E-state index < -0.39 is 0 Å². The van der Waals surface area contributed by atoms with Crippen LogP contribution in [0.5, 0.6) is 11.5 Å². The van der Waals surface area contributed by atoms with Gasteiger partial charge in [-0.05, 0) is 23.8 Å². The summed E-state index contributed by atoms with van der Waals surface area (Å²) in [6, 6.07) is 14.6. The maximum atomic E-state index is 12.6. The number of nitrogens with zero attached hydrogens (tertiary/aromatic N) is 1. The number of hydrogen-bond acceptors (Lipinski definition) is 3. The van der Waals surface area contributed by atoms with E-state index in [1.54, 1.807) is 24.1 Å². The first kappa shape index (κ1) is 13.5. The highest BCUT2D eigenvalue weighted by molar-refractivity contribution is 5.85. The van der Waals surface area contributed by atoms with Gasteiger partial charge in [-0.1, -0.05) is 30.3 Å². The highest BCUT2D eigenvalue weighted by Crippen LogP contribution is 2.34. The highest BCUT2D eigenvalue weighted by Gasteiger charge is 2.31. The largest absolute Gasteiger partial charge is 0.508 e. The number of phenolic OH excluding ortho intramolecular Hbond substituents is 1. The number of likely N-dealkylation sites (N-methyl/N-ethyl adjacent to an activating group) is 1. The molecule has 1 heterocycles. The Morgan fingerprint density at radius 1 is 1.24 bits per heavy atom. The standard InChI is InChI=1S/C17H17NO3/c1-18(10-12-6-8-13(19)9-7-12)17(20)15-11-21-16-5-3-2-4-14(15)16/h2-9,15,19H,10-11H2,1H3. The number of carbonyl (C=O) groups excluding carboxylic acids is 1. The lowest BCUT2D eigenvalue weighted by Gasteiger charge is -2.20. The summed E-state index contributed by atoms with van der Waals surface area (Å²) in [7, 11) is 1.79. The number of carbonyl (C=O) groups is 1. The van der Waals surface area contributed by atoms with Crippen molar-refractivity contribution in [3.05, 3.63) is 59.7 Å². The Hall–Kier alpha value is -2.49. The molecule has 0 saturated heterocycles. The van der Waals surface area contributed by atoms with Gasteiger partial charge in [0.2, 0.25) is 5.91 Å². The molecule has 0 fully saturated rings. The fraction of sp³-hybridized carbons (Fsp3) is 0.235. The number of aromatic hydroxyl groups is 1. The van der Waals surface area contributed by atoms with Gasteiger partial charge < -0.3 is 14.7 Å². The van der Waals surface area contributed by atoms with E-state index in [2.05, 4.69) is 0 Å². The smallest absolute Gasteiger partial charge is 0.233 e. The summed E-state index contributed by atoms with van der Waals surface area (Å²) in [6.45, 7) is 0.913. The van der Waals surface area contributed by atoms with Gasteiger partial charge in [-0.2, -0.15) is 0 Å². The number of phenols is 1. The molecule has 0 saturated carbocycles. The molecule has 4 nitrogen and oxygen atoms in total. The van der Waals surface area contributed by atoms with Gasteiger partial charge in [0.1, 0.15) is 24.0 Å². The fourth-order valence-corrected chi connectivity index (χ4v) is 2.59. The van der Waals surface area contributed by atoms with Crippen LogP contribution >= 0.6 is 0 Å². The molecule has 0 bridgehead atoms. The molecular weight excluding hydrogens is 266 g/mol. The molecule has 1 unspecified atom stereocenters. The number of amides is 1. The summed E-state index contributed by atoms with van der Waals surface area (Å²) in [5.41, 5.74) is 1.94. The number of rotatable bonds is 3. The molecule has 1 N–H and O–H groups in total. The Morgan fingerprint density at radius 3 is 2.71 bits per heavy atom. The van der Waals surface area contributed by atoms with Crippen molar-refractivity contribution in [1.29, 1.82) is 0 Å². The van der Waals surface area contributed by atoms with Crippen LogP contribution < -0.4 is 4.74 Å². The Kier molecular flexibility index (Phi) is 3.52. The fourth-order valence-electron chi connectivity index (χ4n) is 2.59. The average Bonchev–Trinajstić information content (AvgIpc) is 2.92. The number of benzene rings is 2. The first-order valence-corrected chi connectivity index (χ1v) is 6.90. The monoisotopic (exact) mass is 283 g/mol. The van der Waals surface area contributed by atoms with Crippen LogP contribution in [0.25, 0.3) is 0 Å². The third kappa shape index (κ3) is 2.70. The molecule has 2 aromatic rings. The van der Waals surface area contributed by atoms with Crippen molar-refractivity contribution in [2.75, 3.05) is 13.7 Å². The second kappa shape index (κ2) is 5.48. The lowest BCUT2D eigenvalue weighted by atomic mass is 10.00. The second-order valence-electron chi connectivity index (χ2n) is 5.26. The molecule has 4 heteroatoms. The topological polar surface area (TPSA) is 49.8 Å². The van der Waals surface area contributed by atoms with E-state index in [4.69, 9.17) is 4.74 Å². The summed E-state index contributed by atoms with van der Waals surface area (Å²) in [4.78, 5) is 14.3. The van der Waals surface area contributed by atoms with E-state index in [1.807, 2.05) is 36.4 Å². The van der Waals surface area contributed by atoms with Crippen molar-refractivity contribution in [2.45, 2.75) is 12.5 Å². The maximum Gasteiger partial charge on any atom is 0.233 e. The third-order valence-corrected chi connectivity index (χ3v) is 3.73. The first-order chi connectivity index (χ1) is 10.1. The third-order valence-electron chi connectivity index (χ3n) is 3.73. The van der Waals surface area contributed by atoms with Crippen LogP contribution in [0, 0.1) is 0 Å². The van der Waals surface area contributed by atoms with Gasteiger partial charge in [-0.25, -0.2) is 0 Å². The van der Waals surface area contributed by atoms with Gasteiger partial charge in [-0.3, -0.25) is 4.79 Å². The van der Waals surface area contributed by atoms with Gasteiger partial charge in [0, 0.05) is 19.2 Å². The molecule has 0 radical (unpaired) electrons. The van der Waals surface area contributed by atoms with E-state index in [0.717, 1.165) is 16.9 Å². The van der Waals surface area contributed by atoms with Crippen molar-refractivity contribution < 1.29 is 14.6 Å². The van der Waals surface area contributed by atoms with Crippen molar-refractivity contribution in [3.8, 4) is 11.5 Å². The van der Waals surface area contributed by atoms with Crippen molar-refractivity contribution in [3.63, 3.8) is 0 Å². The first-order valence-electron chi connectivity index (χ1n) is 6.90. The van der Waals surface area contributed by atoms with Gasteiger partial charge in [-0.15, -0.1) is 0 Å². The molecule has 1 aliphatic rings. The van der Waals surface area contributed by atoms with Crippen LogP contribution in [-0.4, -0.2) is 29.6 Å². The van der Waals surface area contributed by atoms with Crippen molar-refractivity contribution in [2.24, 2.45) is 0 Å².